The first kappa shape index (κ1) is 17.8. The van der Waals surface area contributed by atoms with Gasteiger partial charge in [-0.05, 0) is 17.5 Å². The van der Waals surface area contributed by atoms with Crippen molar-refractivity contribution in [1.29, 1.82) is 0 Å². The smallest absolute Gasteiger partial charge is 0.315 e. The number of urea groups is 1. The second-order valence-corrected chi connectivity index (χ2v) is 5.98. The van der Waals surface area contributed by atoms with Crippen LogP contribution >= 0.6 is 0 Å². The molecule has 0 fully saturated rings. The van der Waals surface area contributed by atoms with Crippen LogP contribution in [0.1, 0.15) is 17.5 Å². The Kier molecular flexibility index (Phi) is 6.17. The highest BCUT2D eigenvalue weighted by atomic mass is 16.2. The van der Waals surface area contributed by atoms with Crippen molar-refractivity contribution in [3.63, 3.8) is 0 Å². The largest absolute Gasteiger partial charge is 0.349 e. The molecule has 7 heteroatoms. The molecule has 1 aromatic carbocycles. The first-order valence-electron chi connectivity index (χ1n) is 8.04. The van der Waals surface area contributed by atoms with E-state index in [9.17, 15) is 14.4 Å². The van der Waals surface area contributed by atoms with Crippen LogP contribution in [0.15, 0.2) is 24.3 Å². The molecule has 0 saturated carbocycles. The van der Waals surface area contributed by atoms with Crippen LogP contribution in [-0.4, -0.2) is 61.4 Å². The second kappa shape index (κ2) is 8.33. The van der Waals surface area contributed by atoms with E-state index in [0.29, 0.717) is 13.1 Å². The highest BCUT2D eigenvalue weighted by Gasteiger charge is 2.20. The van der Waals surface area contributed by atoms with Crippen molar-refractivity contribution in [2.24, 2.45) is 0 Å². The molecule has 0 unspecified atom stereocenters. The van der Waals surface area contributed by atoms with Crippen LogP contribution in [0.5, 0.6) is 0 Å². The lowest BCUT2D eigenvalue weighted by molar-refractivity contribution is -0.131. The molecule has 130 valence electrons. The number of carbonyl (C=O) groups excluding carboxylic acids is 3. The zero-order valence-corrected chi connectivity index (χ0v) is 14.2. The minimum Gasteiger partial charge on any atom is -0.349 e. The van der Waals surface area contributed by atoms with Crippen LogP contribution in [0.3, 0.4) is 0 Å². The summed E-state index contributed by atoms with van der Waals surface area (Å²) in [5, 5.41) is 5.11. The number of nitrogens with one attached hydrogen (secondary N) is 2. The third kappa shape index (κ3) is 4.97. The molecule has 0 aliphatic carbocycles. The Balaban J connectivity index is 1.70. The van der Waals surface area contributed by atoms with Crippen molar-refractivity contribution in [1.82, 2.24) is 20.4 Å². The molecule has 1 aromatic rings. The Labute approximate surface area is 142 Å². The van der Waals surface area contributed by atoms with Crippen molar-refractivity contribution in [3.8, 4) is 0 Å². The maximum Gasteiger partial charge on any atom is 0.315 e. The highest BCUT2D eigenvalue weighted by Crippen LogP contribution is 2.18. The summed E-state index contributed by atoms with van der Waals surface area (Å²) < 4.78 is 0. The lowest BCUT2D eigenvalue weighted by Crippen LogP contribution is -2.45. The highest BCUT2D eigenvalue weighted by molar-refractivity contribution is 5.84. The summed E-state index contributed by atoms with van der Waals surface area (Å²) in [4.78, 5) is 38.5. The molecular formula is C17H24N4O3. The zero-order chi connectivity index (χ0) is 17.5. The first-order valence-corrected chi connectivity index (χ1v) is 8.04. The summed E-state index contributed by atoms with van der Waals surface area (Å²) in [6.45, 7) is 1.44. The molecule has 4 amide bonds. The van der Waals surface area contributed by atoms with Gasteiger partial charge in [0.1, 0.15) is 0 Å². The number of benzene rings is 1. The van der Waals surface area contributed by atoms with E-state index in [2.05, 4.69) is 16.7 Å². The average molecular weight is 332 g/mol. The van der Waals surface area contributed by atoms with E-state index >= 15 is 0 Å². The minimum atomic E-state index is -0.438. The van der Waals surface area contributed by atoms with Crippen LogP contribution in [0, 0.1) is 0 Å². The summed E-state index contributed by atoms with van der Waals surface area (Å²) in [5.41, 5.74) is 2.43. The van der Waals surface area contributed by atoms with Gasteiger partial charge in [-0.3, -0.25) is 9.59 Å². The SMILES string of the molecule is CN(C)C(=O)CCNC(=O)NCC(=O)N1CCc2ccccc2C1. The van der Waals surface area contributed by atoms with Crippen LogP contribution in [0.25, 0.3) is 0 Å². The zero-order valence-electron chi connectivity index (χ0n) is 14.2. The van der Waals surface area contributed by atoms with Gasteiger partial charge in [0.05, 0.1) is 6.54 Å². The fourth-order valence-electron chi connectivity index (χ4n) is 2.55. The van der Waals surface area contributed by atoms with Crippen LogP contribution in [0.4, 0.5) is 4.79 Å². The minimum absolute atomic E-state index is 0.0460. The molecule has 0 spiro atoms. The summed E-state index contributed by atoms with van der Waals surface area (Å²) in [5.74, 6) is -0.164. The maximum absolute atomic E-state index is 12.2. The van der Waals surface area contributed by atoms with Gasteiger partial charge in [-0.15, -0.1) is 0 Å². The molecule has 0 radical (unpaired) electrons. The summed E-state index contributed by atoms with van der Waals surface area (Å²) >= 11 is 0. The molecule has 24 heavy (non-hydrogen) atoms. The molecule has 1 heterocycles. The Morgan fingerprint density at radius 2 is 1.83 bits per heavy atom. The van der Waals surface area contributed by atoms with Crippen molar-refractivity contribution in [2.45, 2.75) is 19.4 Å². The second-order valence-electron chi connectivity index (χ2n) is 5.98. The normalized spacial score (nSPS) is 13.0. The number of amides is 4. The van der Waals surface area contributed by atoms with Gasteiger partial charge < -0.3 is 20.4 Å². The fourth-order valence-corrected chi connectivity index (χ4v) is 2.55. The predicted molar refractivity (Wildman–Crippen MR) is 90.3 cm³/mol. The number of hydrogen-bond acceptors (Lipinski definition) is 3. The summed E-state index contributed by atoms with van der Waals surface area (Å²) in [6.07, 6.45) is 1.07. The van der Waals surface area contributed by atoms with E-state index in [1.54, 1.807) is 19.0 Å². The number of hydrogen-bond donors (Lipinski definition) is 2. The Morgan fingerprint density at radius 3 is 2.54 bits per heavy atom. The molecule has 0 atom stereocenters. The molecule has 0 bridgehead atoms. The van der Waals surface area contributed by atoms with E-state index in [4.69, 9.17) is 0 Å². The molecule has 0 saturated heterocycles. The average Bonchev–Trinajstić information content (AvgIpc) is 2.59. The molecule has 1 aliphatic heterocycles. The molecule has 1 aliphatic rings. The van der Waals surface area contributed by atoms with Crippen LogP contribution in [0.2, 0.25) is 0 Å². The standard InChI is InChI=1S/C17H24N4O3/c1-20(2)15(22)7-9-18-17(24)19-11-16(23)21-10-8-13-5-3-4-6-14(13)12-21/h3-6H,7-12H2,1-2H3,(H2,18,19,24). The lowest BCUT2D eigenvalue weighted by Gasteiger charge is -2.29. The molecule has 0 aromatic heterocycles. The maximum atomic E-state index is 12.2. The van der Waals surface area contributed by atoms with Gasteiger partial charge >= 0.3 is 6.03 Å². The van der Waals surface area contributed by atoms with Crippen LogP contribution < -0.4 is 10.6 Å². The van der Waals surface area contributed by atoms with Crippen molar-refractivity contribution in [3.05, 3.63) is 35.4 Å². The lowest BCUT2D eigenvalue weighted by atomic mass is 10.00. The summed E-state index contributed by atoms with van der Waals surface area (Å²) in [6, 6.07) is 7.64. The quantitative estimate of drug-likeness (QED) is 0.816. The van der Waals surface area contributed by atoms with E-state index in [1.165, 1.54) is 10.5 Å². The molecule has 2 rings (SSSR count). The van der Waals surface area contributed by atoms with Gasteiger partial charge in [0, 0.05) is 40.2 Å². The molecule has 7 nitrogen and oxygen atoms in total. The summed E-state index contributed by atoms with van der Waals surface area (Å²) in [7, 11) is 3.33. The third-order valence-electron chi connectivity index (χ3n) is 4.01. The number of rotatable bonds is 5. The van der Waals surface area contributed by atoms with Gasteiger partial charge in [-0.1, -0.05) is 24.3 Å². The van der Waals surface area contributed by atoms with Crippen molar-refractivity contribution in [2.75, 3.05) is 33.7 Å². The Morgan fingerprint density at radius 1 is 1.12 bits per heavy atom. The van der Waals surface area contributed by atoms with Gasteiger partial charge in [0.2, 0.25) is 11.8 Å². The fraction of sp³-hybridized carbons (Fsp3) is 0.471. The number of carbonyl (C=O) groups is 3. The third-order valence-corrected chi connectivity index (χ3v) is 4.01. The number of nitrogens with zero attached hydrogens (tertiary/aromatic N) is 2. The van der Waals surface area contributed by atoms with Crippen LogP contribution in [-0.2, 0) is 22.6 Å². The molecule has 2 N–H and O–H groups in total. The van der Waals surface area contributed by atoms with E-state index in [1.807, 2.05) is 18.2 Å². The molecular weight excluding hydrogens is 308 g/mol. The predicted octanol–water partition coefficient (Wildman–Crippen LogP) is 0.349. The van der Waals surface area contributed by atoms with E-state index < -0.39 is 6.03 Å². The topological polar surface area (TPSA) is 81.8 Å². The van der Waals surface area contributed by atoms with E-state index in [-0.39, 0.29) is 31.3 Å². The Bertz CT molecular complexity index is 616. The van der Waals surface area contributed by atoms with Gasteiger partial charge in [0.25, 0.3) is 0 Å². The van der Waals surface area contributed by atoms with E-state index in [0.717, 1.165) is 12.0 Å². The number of fused-ring (bicyclic) bond motifs is 1. The monoisotopic (exact) mass is 332 g/mol. The van der Waals surface area contributed by atoms with Gasteiger partial charge in [-0.25, -0.2) is 4.79 Å². The van der Waals surface area contributed by atoms with Crippen molar-refractivity contribution < 1.29 is 14.4 Å². The van der Waals surface area contributed by atoms with Gasteiger partial charge in [-0.2, -0.15) is 0 Å². The Hall–Kier alpha value is -2.57. The van der Waals surface area contributed by atoms with Crippen molar-refractivity contribution >= 4 is 17.8 Å². The first-order chi connectivity index (χ1) is 11.5. The van der Waals surface area contributed by atoms with Gasteiger partial charge in [0.15, 0.2) is 0 Å².